The minimum atomic E-state index is -0.310. The summed E-state index contributed by atoms with van der Waals surface area (Å²) in [6.07, 6.45) is 2.56. The molecule has 152 valence electrons. The van der Waals surface area contributed by atoms with Crippen LogP contribution in [0.2, 0.25) is 5.02 Å². The molecule has 3 N–H and O–H groups in total. The Morgan fingerprint density at radius 3 is 2.62 bits per heavy atom. The lowest BCUT2D eigenvalue weighted by molar-refractivity contribution is -0.114. The van der Waals surface area contributed by atoms with Crippen molar-refractivity contribution in [1.29, 1.82) is 0 Å². The second kappa shape index (κ2) is 8.87. The molecule has 0 saturated heterocycles. The first-order chi connectivity index (χ1) is 13.9. The normalized spacial score (nSPS) is 10.6. The molecule has 1 aromatic heterocycles. The summed E-state index contributed by atoms with van der Waals surface area (Å²) in [5.41, 5.74) is 2.77. The van der Waals surface area contributed by atoms with Gasteiger partial charge in [0.05, 0.1) is 30.5 Å². The average molecular weight is 416 g/mol. The van der Waals surface area contributed by atoms with Crippen molar-refractivity contribution in [2.45, 2.75) is 13.3 Å². The van der Waals surface area contributed by atoms with E-state index < -0.39 is 0 Å². The van der Waals surface area contributed by atoms with Crippen molar-refractivity contribution in [1.82, 2.24) is 10.3 Å². The summed E-state index contributed by atoms with van der Waals surface area (Å²) < 4.78 is 10.6. The van der Waals surface area contributed by atoms with Crippen LogP contribution in [0.5, 0.6) is 11.5 Å². The molecular weight excluding hydrogens is 394 g/mol. The molecule has 0 spiro atoms. The molecule has 7 nitrogen and oxygen atoms in total. The smallest absolute Gasteiger partial charge is 0.255 e. The summed E-state index contributed by atoms with van der Waals surface area (Å²) in [4.78, 5) is 27.1. The molecule has 3 aromatic rings. The molecule has 0 saturated carbocycles. The number of anilines is 1. The molecule has 8 heteroatoms. The molecule has 0 unspecified atom stereocenters. The fourth-order valence-electron chi connectivity index (χ4n) is 3.08. The highest BCUT2D eigenvalue weighted by Crippen LogP contribution is 2.31. The monoisotopic (exact) mass is 415 g/mol. The third-order valence-corrected chi connectivity index (χ3v) is 4.81. The maximum Gasteiger partial charge on any atom is 0.255 e. The van der Waals surface area contributed by atoms with Gasteiger partial charge in [-0.1, -0.05) is 11.6 Å². The first-order valence-corrected chi connectivity index (χ1v) is 9.38. The van der Waals surface area contributed by atoms with Gasteiger partial charge in [0.1, 0.15) is 11.5 Å². The Hall–Kier alpha value is -3.19. The number of aromatic amines is 1. The highest BCUT2D eigenvalue weighted by atomic mass is 35.5. The predicted molar refractivity (Wildman–Crippen MR) is 113 cm³/mol. The first-order valence-electron chi connectivity index (χ1n) is 9.00. The van der Waals surface area contributed by atoms with Gasteiger partial charge in [-0.2, -0.15) is 0 Å². The number of hydrogen-bond acceptors (Lipinski definition) is 4. The van der Waals surface area contributed by atoms with Crippen molar-refractivity contribution in [2.75, 3.05) is 26.1 Å². The van der Waals surface area contributed by atoms with E-state index in [1.165, 1.54) is 26.2 Å². The molecule has 1 heterocycles. The van der Waals surface area contributed by atoms with E-state index in [9.17, 15) is 9.59 Å². The number of H-pyrrole nitrogens is 1. The van der Waals surface area contributed by atoms with Gasteiger partial charge in [0.2, 0.25) is 5.91 Å². The molecule has 0 aliphatic rings. The fourth-order valence-corrected chi connectivity index (χ4v) is 3.29. The quantitative estimate of drug-likeness (QED) is 0.547. The second-order valence-corrected chi connectivity index (χ2v) is 6.85. The molecule has 0 aliphatic carbocycles. The average Bonchev–Trinajstić information content (AvgIpc) is 3.10. The van der Waals surface area contributed by atoms with Crippen molar-refractivity contribution in [3.63, 3.8) is 0 Å². The van der Waals surface area contributed by atoms with Crippen LogP contribution in [0.3, 0.4) is 0 Å². The number of fused-ring (bicyclic) bond motifs is 1. The lowest BCUT2D eigenvalue weighted by Gasteiger charge is -2.13. The van der Waals surface area contributed by atoms with E-state index in [4.69, 9.17) is 21.1 Å². The minimum absolute atomic E-state index is 0.259. The third-order valence-electron chi connectivity index (χ3n) is 4.50. The maximum atomic E-state index is 12.6. The molecule has 0 atom stereocenters. The van der Waals surface area contributed by atoms with E-state index in [2.05, 4.69) is 15.6 Å². The van der Waals surface area contributed by atoms with E-state index in [1.54, 1.807) is 7.11 Å². The van der Waals surface area contributed by atoms with Crippen LogP contribution in [-0.4, -0.2) is 37.6 Å². The summed E-state index contributed by atoms with van der Waals surface area (Å²) in [5.74, 6) is 0.533. The molecule has 0 radical (unpaired) electrons. The number of rotatable bonds is 7. The number of methoxy groups -OCH3 is 2. The number of carbonyl (C=O) groups is 2. The molecule has 29 heavy (non-hydrogen) atoms. The predicted octanol–water partition coefficient (Wildman–Crippen LogP) is 3.77. The van der Waals surface area contributed by atoms with Crippen molar-refractivity contribution in [3.05, 3.63) is 52.7 Å². The SMILES string of the molecule is COc1ccc2[nH]cc(CCNC(=O)c3cc(Cl)c(NC(C)=O)cc3OC)c2c1. The molecule has 3 rings (SSSR count). The van der Waals surface area contributed by atoms with Crippen LogP contribution in [-0.2, 0) is 11.2 Å². The van der Waals surface area contributed by atoms with Crippen LogP contribution in [0.15, 0.2) is 36.5 Å². The zero-order chi connectivity index (χ0) is 21.0. The van der Waals surface area contributed by atoms with Gasteiger partial charge in [0.15, 0.2) is 0 Å². The molecule has 2 amide bonds. The third kappa shape index (κ3) is 4.63. The molecule has 0 bridgehead atoms. The lowest BCUT2D eigenvalue weighted by atomic mass is 10.1. The van der Waals surface area contributed by atoms with E-state index >= 15 is 0 Å². The van der Waals surface area contributed by atoms with Crippen LogP contribution < -0.4 is 20.1 Å². The summed E-state index contributed by atoms with van der Waals surface area (Å²) in [6.45, 7) is 1.81. The Morgan fingerprint density at radius 1 is 1.14 bits per heavy atom. The number of amides is 2. The Labute approximate surface area is 173 Å². The zero-order valence-corrected chi connectivity index (χ0v) is 17.1. The van der Waals surface area contributed by atoms with Crippen LogP contribution in [0.4, 0.5) is 5.69 Å². The van der Waals surface area contributed by atoms with Crippen molar-refractivity contribution in [2.24, 2.45) is 0 Å². The maximum absolute atomic E-state index is 12.6. The van der Waals surface area contributed by atoms with Crippen molar-refractivity contribution < 1.29 is 19.1 Å². The Morgan fingerprint density at radius 2 is 1.93 bits per heavy atom. The highest BCUT2D eigenvalue weighted by molar-refractivity contribution is 6.34. The largest absolute Gasteiger partial charge is 0.497 e. The minimum Gasteiger partial charge on any atom is -0.497 e. The number of benzene rings is 2. The number of halogens is 1. The molecule has 2 aromatic carbocycles. The summed E-state index contributed by atoms with van der Waals surface area (Å²) in [6, 6.07) is 8.83. The number of ether oxygens (including phenoxy) is 2. The molecular formula is C21H22ClN3O4. The summed E-state index contributed by atoms with van der Waals surface area (Å²) >= 11 is 6.19. The van der Waals surface area contributed by atoms with E-state index in [0.29, 0.717) is 30.0 Å². The van der Waals surface area contributed by atoms with Gasteiger partial charge in [0, 0.05) is 36.6 Å². The van der Waals surface area contributed by atoms with Gasteiger partial charge in [0.25, 0.3) is 5.91 Å². The number of hydrogen-bond donors (Lipinski definition) is 3. The second-order valence-electron chi connectivity index (χ2n) is 6.44. The van der Waals surface area contributed by atoms with Crippen LogP contribution in [0.1, 0.15) is 22.8 Å². The summed E-state index contributed by atoms with van der Waals surface area (Å²) in [5, 5.41) is 6.80. The van der Waals surface area contributed by atoms with Crippen molar-refractivity contribution in [3.8, 4) is 11.5 Å². The molecule has 0 fully saturated rings. The standard InChI is InChI=1S/C21H22ClN3O4/c1-12(26)25-19-10-20(29-3)16(9-17(19)22)21(27)23-7-6-13-11-24-18-5-4-14(28-2)8-15(13)18/h4-5,8-11,24H,6-7H2,1-3H3,(H,23,27)(H,25,26). The van der Waals surface area contributed by atoms with E-state index in [0.717, 1.165) is 22.2 Å². The number of nitrogens with one attached hydrogen (secondary N) is 3. The number of aromatic nitrogens is 1. The number of carbonyl (C=O) groups excluding carboxylic acids is 2. The Bertz CT molecular complexity index is 1060. The van der Waals surface area contributed by atoms with Crippen LogP contribution >= 0.6 is 11.6 Å². The van der Waals surface area contributed by atoms with Crippen LogP contribution in [0.25, 0.3) is 10.9 Å². The van der Waals surface area contributed by atoms with Gasteiger partial charge in [-0.3, -0.25) is 9.59 Å². The molecule has 0 aliphatic heterocycles. The first kappa shape index (κ1) is 20.5. The van der Waals surface area contributed by atoms with Gasteiger partial charge in [-0.15, -0.1) is 0 Å². The van der Waals surface area contributed by atoms with Crippen LogP contribution in [0, 0.1) is 0 Å². The summed E-state index contributed by atoms with van der Waals surface area (Å²) in [7, 11) is 3.08. The van der Waals surface area contributed by atoms with Gasteiger partial charge in [-0.25, -0.2) is 0 Å². The van der Waals surface area contributed by atoms with Gasteiger partial charge in [-0.05, 0) is 36.2 Å². The van der Waals surface area contributed by atoms with E-state index in [-0.39, 0.29) is 16.8 Å². The zero-order valence-electron chi connectivity index (χ0n) is 16.4. The van der Waals surface area contributed by atoms with E-state index in [1.807, 2.05) is 24.4 Å². The Kier molecular flexibility index (Phi) is 6.29. The lowest BCUT2D eigenvalue weighted by Crippen LogP contribution is -2.26. The fraction of sp³-hybridized carbons (Fsp3) is 0.238. The highest BCUT2D eigenvalue weighted by Gasteiger charge is 2.16. The van der Waals surface area contributed by atoms with Crippen molar-refractivity contribution >= 4 is 40.0 Å². The Balaban J connectivity index is 1.71. The topological polar surface area (TPSA) is 92.5 Å². The van der Waals surface area contributed by atoms with Gasteiger partial charge >= 0.3 is 0 Å². The van der Waals surface area contributed by atoms with Gasteiger partial charge < -0.3 is 25.1 Å².